The zero-order chi connectivity index (χ0) is 27.2. The molecule has 0 spiro atoms. The van der Waals surface area contributed by atoms with Crippen LogP contribution in [0.1, 0.15) is 44.7 Å². The molecule has 204 valence electrons. The first kappa shape index (κ1) is 28.2. The summed E-state index contributed by atoms with van der Waals surface area (Å²) in [5.41, 5.74) is 2.43. The fourth-order valence-corrected chi connectivity index (χ4v) is 6.00. The summed E-state index contributed by atoms with van der Waals surface area (Å²) in [5.74, 6) is -1.16. The van der Waals surface area contributed by atoms with Gasteiger partial charge in [-0.2, -0.15) is 0 Å². The number of fused-ring (bicyclic) bond motifs is 1. The van der Waals surface area contributed by atoms with Crippen LogP contribution in [0, 0.1) is 5.92 Å². The number of piperidine rings is 1. The smallest absolute Gasteiger partial charge is 0.338 e. The Hall–Kier alpha value is -2.82. The minimum Gasteiger partial charge on any atom is -0.466 e. The number of rotatable bonds is 9. The van der Waals surface area contributed by atoms with Gasteiger partial charge in [-0.1, -0.05) is 35.5 Å². The Kier molecular flexibility index (Phi) is 9.51. The van der Waals surface area contributed by atoms with Crippen molar-refractivity contribution < 1.29 is 28.6 Å². The molecule has 1 saturated heterocycles. The summed E-state index contributed by atoms with van der Waals surface area (Å²) in [4.78, 5) is 47.3. The highest BCUT2D eigenvalue weighted by Crippen LogP contribution is 2.45. The van der Waals surface area contributed by atoms with Crippen molar-refractivity contribution >= 4 is 46.4 Å². The van der Waals surface area contributed by atoms with E-state index in [1.54, 1.807) is 24.8 Å². The lowest BCUT2D eigenvalue weighted by molar-refractivity contribution is -0.151. The molecule has 3 heterocycles. The van der Waals surface area contributed by atoms with E-state index in [9.17, 15) is 14.4 Å². The van der Waals surface area contributed by atoms with Crippen molar-refractivity contribution in [2.75, 3.05) is 40.0 Å². The molecule has 1 aromatic rings. The van der Waals surface area contributed by atoms with E-state index < -0.39 is 12.0 Å². The van der Waals surface area contributed by atoms with Gasteiger partial charge in [0, 0.05) is 30.9 Å². The molecule has 0 bridgehead atoms. The molecule has 2 unspecified atom stereocenters. The van der Waals surface area contributed by atoms with E-state index in [1.165, 1.54) is 18.9 Å². The molecule has 0 saturated carbocycles. The summed E-state index contributed by atoms with van der Waals surface area (Å²) >= 11 is 7.75. The molecule has 4 rings (SSSR count). The van der Waals surface area contributed by atoms with E-state index in [0.29, 0.717) is 47.6 Å². The van der Waals surface area contributed by atoms with Crippen LogP contribution >= 0.6 is 23.4 Å². The van der Waals surface area contributed by atoms with Crippen LogP contribution in [-0.2, 0) is 28.6 Å². The van der Waals surface area contributed by atoms with E-state index in [2.05, 4.69) is 4.99 Å². The van der Waals surface area contributed by atoms with Crippen LogP contribution in [0.2, 0.25) is 5.02 Å². The summed E-state index contributed by atoms with van der Waals surface area (Å²) in [5, 5.41) is 3.10. The number of aliphatic imine (C=N–C) groups is 1. The Labute approximate surface area is 231 Å². The highest BCUT2D eigenvalue weighted by atomic mass is 35.5. The van der Waals surface area contributed by atoms with Crippen molar-refractivity contribution in [3.05, 3.63) is 57.2 Å². The quantitative estimate of drug-likeness (QED) is 0.325. The van der Waals surface area contributed by atoms with Gasteiger partial charge in [-0.05, 0) is 49.8 Å². The number of thioether (sulfide) groups is 1. The molecule has 1 fully saturated rings. The lowest BCUT2D eigenvalue weighted by Gasteiger charge is -2.37. The van der Waals surface area contributed by atoms with Gasteiger partial charge in [0.1, 0.15) is 6.61 Å². The number of carbonyl (C=O) groups is 3. The first-order valence-corrected chi connectivity index (χ1v) is 13.9. The van der Waals surface area contributed by atoms with E-state index in [1.807, 2.05) is 28.5 Å². The molecule has 3 aliphatic heterocycles. The molecule has 3 aliphatic rings. The van der Waals surface area contributed by atoms with Crippen molar-refractivity contribution in [1.82, 2.24) is 9.80 Å². The Morgan fingerprint density at radius 3 is 2.76 bits per heavy atom. The van der Waals surface area contributed by atoms with Crippen molar-refractivity contribution in [1.29, 1.82) is 0 Å². The number of hydrogen-bond acceptors (Lipinski definition) is 9. The average molecular weight is 562 g/mol. The Morgan fingerprint density at radius 1 is 1.21 bits per heavy atom. The van der Waals surface area contributed by atoms with Gasteiger partial charge in [-0.15, -0.1) is 0 Å². The maximum Gasteiger partial charge on any atom is 0.338 e. The van der Waals surface area contributed by atoms with Crippen LogP contribution in [0.4, 0.5) is 0 Å². The van der Waals surface area contributed by atoms with Gasteiger partial charge in [0.15, 0.2) is 5.17 Å². The minimum atomic E-state index is -0.570. The second kappa shape index (κ2) is 12.8. The van der Waals surface area contributed by atoms with Gasteiger partial charge in [-0.25, -0.2) is 9.79 Å². The number of allylic oxidation sites excluding steroid dienone is 1. The number of hydrogen-bond donors (Lipinski definition) is 0. The summed E-state index contributed by atoms with van der Waals surface area (Å²) in [6.45, 7) is 5.19. The van der Waals surface area contributed by atoms with Crippen molar-refractivity contribution in [2.24, 2.45) is 10.9 Å². The maximum absolute atomic E-state index is 13.4. The highest BCUT2D eigenvalue weighted by Gasteiger charge is 2.42. The van der Waals surface area contributed by atoms with Crippen molar-refractivity contribution in [3.63, 3.8) is 0 Å². The monoisotopic (exact) mass is 561 g/mol. The van der Waals surface area contributed by atoms with Crippen LogP contribution in [0.3, 0.4) is 0 Å². The van der Waals surface area contributed by atoms with Crippen LogP contribution in [0.25, 0.3) is 0 Å². The molecule has 0 N–H and O–H groups in total. The average Bonchev–Trinajstić information content (AvgIpc) is 3.29. The van der Waals surface area contributed by atoms with Gasteiger partial charge in [-0.3, -0.25) is 9.59 Å². The minimum absolute atomic E-state index is 0.0903. The maximum atomic E-state index is 13.4. The van der Waals surface area contributed by atoms with E-state index in [-0.39, 0.29) is 37.4 Å². The van der Waals surface area contributed by atoms with Crippen LogP contribution in [0.15, 0.2) is 51.6 Å². The largest absolute Gasteiger partial charge is 0.466 e. The number of likely N-dealkylation sites (tertiary alicyclic amines) is 1. The molecule has 9 nitrogen and oxygen atoms in total. The zero-order valence-electron chi connectivity index (χ0n) is 21.8. The van der Waals surface area contributed by atoms with Crippen molar-refractivity contribution in [3.8, 4) is 0 Å². The Morgan fingerprint density at radius 2 is 2.03 bits per heavy atom. The molecule has 0 radical (unpaired) electrons. The molecular weight excluding hydrogens is 530 g/mol. The predicted octanol–water partition coefficient (Wildman–Crippen LogP) is 4.30. The number of esters is 2. The van der Waals surface area contributed by atoms with Gasteiger partial charge in [0.25, 0.3) is 0 Å². The number of methoxy groups -OCH3 is 1. The molecule has 0 aromatic heterocycles. The number of benzene rings is 1. The van der Waals surface area contributed by atoms with Crippen LogP contribution < -0.4 is 0 Å². The first-order chi connectivity index (χ1) is 18.3. The Balaban J connectivity index is 1.59. The van der Waals surface area contributed by atoms with Crippen molar-refractivity contribution in [2.45, 2.75) is 39.2 Å². The first-order valence-electron chi connectivity index (χ1n) is 12.6. The number of nitrogens with zero attached hydrogens (tertiary/aromatic N) is 3. The van der Waals surface area contributed by atoms with Crippen LogP contribution in [-0.4, -0.2) is 72.8 Å². The predicted molar refractivity (Wildman–Crippen MR) is 145 cm³/mol. The fraction of sp³-hybridized carbons (Fsp3) is 0.481. The van der Waals surface area contributed by atoms with E-state index in [0.717, 1.165) is 17.7 Å². The summed E-state index contributed by atoms with van der Waals surface area (Å²) in [7, 11) is 1.54. The van der Waals surface area contributed by atoms with Gasteiger partial charge < -0.3 is 24.0 Å². The SMILES string of the molecule is CCOC(=O)C1CCCN(C(=O)CC2=CSC3=NC(C)=C(C(=O)OCCOC)C(c4cccc(Cl)c4)N23)C1. The second-order valence-electron chi connectivity index (χ2n) is 9.18. The molecule has 11 heteroatoms. The summed E-state index contributed by atoms with van der Waals surface area (Å²) in [6.07, 6.45) is 1.55. The fourth-order valence-electron chi connectivity index (χ4n) is 4.84. The standard InChI is InChI=1S/C27H32ClN3O6S/c1-4-36-25(33)19-8-6-10-30(15-19)22(32)14-21-16-38-27-29-17(2)23(26(34)37-12-11-35-3)24(31(21)27)18-7-5-9-20(28)13-18/h5,7,9,13,16,19,24H,4,6,8,10-12,14-15H2,1-3H3. The zero-order valence-corrected chi connectivity index (χ0v) is 23.3. The van der Waals surface area contributed by atoms with Crippen LogP contribution in [0.5, 0.6) is 0 Å². The summed E-state index contributed by atoms with van der Waals surface area (Å²) in [6, 6.07) is 6.73. The van der Waals surface area contributed by atoms with Gasteiger partial charge >= 0.3 is 11.9 Å². The third-order valence-electron chi connectivity index (χ3n) is 6.63. The second-order valence-corrected chi connectivity index (χ2v) is 10.5. The highest BCUT2D eigenvalue weighted by molar-refractivity contribution is 8.16. The molecule has 1 amide bonds. The van der Waals surface area contributed by atoms with Gasteiger partial charge in [0.05, 0.1) is 42.9 Å². The third kappa shape index (κ3) is 6.24. The number of halogens is 1. The number of amides is 1. The topological polar surface area (TPSA) is 97.7 Å². The van der Waals surface area contributed by atoms with E-state index >= 15 is 0 Å². The lowest BCUT2D eigenvalue weighted by atomic mass is 9.93. The number of amidine groups is 1. The normalized spacial score (nSPS) is 21.1. The third-order valence-corrected chi connectivity index (χ3v) is 7.76. The molecule has 38 heavy (non-hydrogen) atoms. The molecule has 1 aromatic carbocycles. The molecular formula is C27H32ClN3O6S. The lowest BCUT2D eigenvalue weighted by Crippen LogP contribution is -2.44. The number of carbonyl (C=O) groups excluding carboxylic acids is 3. The Bertz CT molecular complexity index is 1180. The molecule has 2 atom stereocenters. The summed E-state index contributed by atoms with van der Waals surface area (Å²) < 4.78 is 15.7. The molecule has 0 aliphatic carbocycles. The number of ether oxygens (including phenoxy) is 3. The van der Waals surface area contributed by atoms with Gasteiger partial charge in [0.2, 0.25) is 5.91 Å². The van der Waals surface area contributed by atoms with E-state index in [4.69, 9.17) is 25.8 Å².